The van der Waals surface area contributed by atoms with E-state index < -0.39 is 12.2 Å². The van der Waals surface area contributed by atoms with Crippen molar-refractivity contribution in [1.29, 1.82) is 0 Å². The van der Waals surface area contributed by atoms with Crippen LogP contribution in [0.2, 0.25) is 0 Å². The number of aliphatic hydroxyl groups is 2. The fraction of sp³-hybridized carbons (Fsp3) is 0.500. The molecule has 1 unspecified atom stereocenters. The van der Waals surface area contributed by atoms with E-state index >= 15 is 0 Å². The maximum atomic E-state index is 11.5. The number of carbonyl (C=O) groups excluding carboxylic acids is 2. The Balaban J connectivity index is 2.19. The third-order valence-corrected chi connectivity index (χ3v) is 2.43. The van der Waals surface area contributed by atoms with Crippen molar-refractivity contribution in [3.8, 4) is 0 Å². The number of rotatable bonds is 7. The summed E-state index contributed by atoms with van der Waals surface area (Å²) in [7, 11) is 0. The van der Waals surface area contributed by atoms with Crippen molar-refractivity contribution in [2.75, 3.05) is 19.7 Å². The van der Waals surface area contributed by atoms with E-state index in [0.29, 0.717) is 5.56 Å². The molecule has 0 aliphatic rings. The molecule has 0 spiro atoms. The lowest BCUT2D eigenvalue weighted by atomic mass is 10.1. The maximum absolute atomic E-state index is 11.5. The SMILES string of the molecule is CC(O)(CO)CNC(=O)CCNC(=O)c1ccoc1. The third-order valence-electron chi connectivity index (χ3n) is 2.43. The minimum absolute atomic E-state index is 0.0436. The van der Waals surface area contributed by atoms with Gasteiger partial charge in [-0.15, -0.1) is 0 Å². The number of hydrogen-bond acceptors (Lipinski definition) is 5. The summed E-state index contributed by atoms with van der Waals surface area (Å²) in [6.07, 6.45) is 2.79. The first-order valence-corrected chi connectivity index (χ1v) is 5.85. The molecule has 1 heterocycles. The Morgan fingerprint density at radius 1 is 1.42 bits per heavy atom. The van der Waals surface area contributed by atoms with Crippen LogP contribution < -0.4 is 10.6 Å². The minimum atomic E-state index is -1.34. The van der Waals surface area contributed by atoms with E-state index in [4.69, 9.17) is 9.52 Å². The largest absolute Gasteiger partial charge is 0.472 e. The van der Waals surface area contributed by atoms with Gasteiger partial charge >= 0.3 is 0 Å². The van der Waals surface area contributed by atoms with Gasteiger partial charge in [-0.2, -0.15) is 0 Å². The third kappa shape index (κ3) is 5.54. The van der Waals surface area contributed by atoms with Gasteiger partial charge in [0.05, 0.1) is 18.4 Å². The molecule has 1 rings (SSSR count). The first kappa shape index (κ1) is 15.2. The molecule has 0 aliphatic carbocycles. The van der Waals surface area contributed by atoms with Crippen molar-refractivity contribution in [2.24, 2.45) is 0 Å². The van der Waals surface area contributed by atoms with Crippen LogP contribution in [-0.4, -0.2) is 47.3 Å². The molecule has 0 radical (unpaired) electrons. The fourth-order valence-electron chi connectivity index (χ4n) is 1.22. The molecule has 0 fully saturated rings. The average Bonchev–Trinajstić information content (AvgIpc) is 2.90. The van der Waals surface area contributed by atoms with Gasteiger partial charge in [0, 0.05) is 19.5 Å². The van der Waals surface area contributed by atoms with Crippen molar-refractivity contribution in [2.45, 2.75) is 18.9 Å². The van der Waals surface area contributed by atoms with Crippen LogP contribution in [0.25, 0.3) is 0 Å². The predicted molar refractivity (Wildman–Crippen MR) is 66.4 cm³/mol. The zero-order valence-corrected chi connectivity index (χ0v) is 10.7. The molecule has 19 heavy (non-hydrogen) atoms. The second kappa shape index (κ2) is 6.91. The Hall–Kier alpha value is -1.86. The quantitative estimate of drug-likeness (QED) is 0.521. The fourth-order valence-corrected chi connectivity index (χ4v) is 1.22. The number of hydrogen-bond donors (Lipinski definition) is 4. The van der Waals surface area contributed by atoms with Crippen LogP contribution in [0.1, 0.15) is 23.7 Å². The molecule has 0 bridgehead atoms. The molecule has 1 aromatic rings. The molecule has 2 amide bonds. The highest BCUT2D eigenvalue weighted by Crippen LogP contribution is 2.00. The number of carbonyl (C=O) groups is 2. The van der Waals surface area contributed by atoms with Gasteiger partial charge < -0.3 is 25.3 Å². The first-order valence-electron chi connectivity index (χ1n) is 5.85. The van der Waals surface area contributed by atoms with Gasteiger partial charge in [0.25, 0.3) is 5.91 Å². The van der Waals surface area contributed by atoms with Gasteiger partial charge in [-0.25, -0.2) is 0 Å². The van der Waals surface area contributed by atoms with Crippen molar-refractivity contribution in [3.63, 3.8) is 0 Å². The molecule has 0 saturated heterocycles. The highest BCUT2D eigenvalue weighted by molar-refractivity contribution is 5.93. The van der Waals surface area contributed by atoms with Crippen LogP contribution in [0.5, 0.6) is 0 Å². The summed E-state index contributed by atoms with van der Waals surface area (Å²) < 4.78 is 4.76. The number of amides is 2. The smallest absolute Gasteiger partial charge is 0.254 e. The maximum Gasteiger partial charge on any atom is 0.254 e. The molecule has 7 heteroatoms. The van der Waals surface area contributed by atoms with Crippen LogP contribution in [-0.2, 0) is 4.79 Å². The van der Waals surface area contributed by atoms with Crippen molar-refractivity contribution in [3.05, 3.63) is 24.2 Å². The van der Waals surface area contributed by atoms with E-state index in [1.54, 1.807) is 0 Å². The van der Waals surface area contributed by atoms with Crippen LogP contribution in [0.15, 0.2) is 23.0 Å². The molecule has 0 saturated carbocycles. The van der Waals surface area contributed by atoms with E-state index in [0.717, 1.165) is 0 Å². The summed E-state index contributed by atoms with van der Waals surface area (Å²) in [4.78, 5) is 22.9. The highest BCUT2D eigenvalue weighted by atomic mass is 16.3. The Morgan fingerprint density at radius 2 is 2.16 bits per heavy atom. The van der Waals surface area contributed by atoms with E-state index in [-0.39, 0.29) is 31.3 Å². The monoisotopic (exact) mass is 270 g/mol. The van der Waals surface area contributed by atoms with Crippen molar-refractivity contribution >= 4 is 11.8 Å². The van der Waals surface area contributed by atoms with Gasteiger partial charge in [-0.3, -0.25) is 9.59 Å². The van der Waals surface area contributed by atoms with Crippen molar-refractivity contribution in [1.82, 2.24) is 10.6 Å². The molecule has 0 aromatic carbocycles. The van der Waals surface area contributed by atoms with E-state index in [2.05, 4.69) is 10.6 Å². The topological polar surface area (TPSA) is 112 Å². The molecular formula is C12H18N2O5. The van der Waals surface area contributed by atoms with Gasteiger partial charge in [-0.1, -0.05) is 0 Å². The highest BCUT2D eigenvalue weighted by Gasteiger charge is 2.19. The van der Waals surface area contributed by atoms with Crippen LogP contribution in [0, 0.1) is 0 Å². The van der Waals surface area contributed by atoms with Crippen molar-refractivity contribution < 1.29 is 24.2 Å². The summed E-state index contributed by atoms with van der Waals surface area (Å²) in [5, 5.41) is 23.3. The van der Waals surface area contributed by atoms with Crippen LogP contribution in [0.3, 0.4) is 0 Å². The molecule has 0 aliphatic heterocycles. The Kier molecular flexibility index (Phi) is 5.53. The molecular weight excluding hydrogens is 252 g/mol. The Labute approximate surface area is 110 Å². The summed E-state index contributed by atoms with van der Waals surface area (Å²) in [6, 6.07) is 1.52. The minimum Gasteiger partial charge on any atom is -0.472 e. The second-order valence-electron chi connectivity index (χ2n) is 4.45. The summed E-state index contributed by atoms with van der Waals surface area (Å²) in [6.45, 7) is 1.10. The lowest BCUT2D eigenvalue weighted by Crippen LogP contribution is -2.43. The predicted octanol–water partition coefficient (Wildman–Crippen LogP) is -0.741. The summed E-state index contributed by atoms with van der Waals surface area (Å²) in [5.41, 5.74) is -0.945. The molecule has 4 N–H and O–H groups in total. The lowest BCUT2D eigenvalue weighted by Gasteiger charge is -2.20. The van der Waals surface area contributed by atoms with Crippen LogP contribution in [0.4, 0.5) is 0 Å². The summed E-state index contributed by atoms with van der Waals surface area (Å²) >= 11 is 0. The normalized spacial score (nSPS) is 13.6. The van der Waals surface area contributed by atoms with Gasteiger partial charge in [0.15, 0.2) is 0 Å². The number of furan rings is 1. The Bertz CT molecular complexity index is 414. The molecule has 7 nitrogen and oxygen atoms in total. The standard InChI is InChI=1S/C12H18N2O5/c1-12(18,8-15)7-14-10(16)2-4-13-11(17)9-3-5-19-6-9/h3,5-6,15,18H,2,4,7-8H2,1H3,(H,13,17)(H,14,16). The first-order chi connectivity index (χ1) is 8.94. The summed E-state index contributed by atoms with van der Waals surface area (Å²) in [5.74, 6) is -0.634. The zero-order chi connectivity index (χ0) is 14.3. The van der Waals surface area contributed by atoms with E-state index in [9.17, 15) is 14.7 Å². The zero-order valence-electron chi connectivity index (χ0n) is 10.7. The molecule has 1 aromatic heterocycles. The van der Waals surface area contributed by atoms with Gasteiger partial charge in [-0.05, 0) is 13.0 Å². The van der Waals surface area contributed by atoms with Gasteiger partial charge in [0.2, 0.25) is 5.91 Å². The van der Waals surface area contributed by atoms with Gasteiger partial charge in [0.1, 0.15) is 11.9 Å². The van der Waals surface area contributed by atoms with E-state index in [1.807, 2.05) is 0 Å². The Morgan fingerprint density at radius 3 is 2.74 bits per heavy atom. The second-order valence-corrected chi connectivity index (χ2v) is 4.45. The lowest BCUT2D eigenvalue weighted by molar-refractivity contribution is -0.122. The van der Waals surface area contributed by atoms with E-state index in [1.165, 1.54) is 25.5 Å². The van der Waals surface area contributed by atoms with Crippen LogP contribution >= 0.6 is 0 Å². The molecule has 106 valence electrons. The number of aliphatic hydroxyl groups excluding tert-OH is 1. The average molecular weight is 270 g/mol. The number of nitrogens with one attached hydrogen (secondary N) is 2. The molecule has 1 atom stereocenters.